The molecule has 0 unspecified atom stereocenters. The lowest BCUT2D eigenvalue weighted by Crippen LogP contribution is -2.40. The van der Waals surface area contributed by atoms with Crippen LogP contribution in [0.5, 0.6) is 5.75 Å². The third kappa shape index (κ3) is 5.15. The van der Waals surface area contributed by atoms with Gasteiger partial charge in [0, 0.05) is 44.2 Å². The van der Waals surface area contributed by atoms with E-state index in [1.54, 1.807) is 0 Å². The van der Waals surface area contributed by atoms with Gasteiger partial charge < -0.3 is 9.64 Å². The third-order valence-corrected chi connectivity index (χ3v) is 5.87. The molecule has 1 amide bonds. The van der Waals surface area contributed by atoms with E-state index in [1.165, 1.54) is 30.2 Å². The summed E-state index contributed by atoms with van der Waals surface area (Å²) in [6.45, 7) is 7.50. The molecular weight excluding hydrogens is 320 g/mol. The molecule has 24 heavy (non-hydrogen) atoms. The highest BCUT2D eigenvalue weighted by Gasteiger charge is 2.20. The van der Waals surface area contributed by atoms with Crippen LogP contribution in [0.25, 0.3) is 0 Å². The molecule has 3 rings (SSSR count). The molecule has 0 N–H and O–H groups in total. The zero-order chi connectivity index (χ0) is 16.8. The molecule has 0 aromatic heterocycles. The van der Waals surface area contributed by atoms with E-state index in [2.05, 4.69) is 24.0 Å². The van der Waals surface area contributed by atoms with E-state index in [-0.39, 0.29) is 12.5 Å². The number of carbonyl (C=O) groups excluding carboxylic acids is 1. The zero-order valence-corrected chi connectivity index (χ0v) is 15.4. The Balaban J connectivity index is 1.43. The van der Waals surface area contributed by atoms with Crippen LogP contribution in [-0.2, 0) is 11.3 Å². The molecule has 1 aromatic carbocycles. The van der Waals surface area contributed by atoms with Gasteiger partial charge in [-0.3, -0.25) is 9.69 Å². The summed E-state index contributed by atoms with van der Waals surface area (Å²) < 4.78 is 5.68. The van der Waals surface area contributed by atoms with E-state index in [4.69, 9.17) is 4.74 Å². The van der Waals surface area contributed by atoms with E-state index in [1.807, 2.05) is 28.8 Å². The minimum atomic E-state index is 0.108. The first-order chi connectivity index (χ1) is 11.7. The molecule has 2 aliphatic rings. The van der Waals surface area contributed by atoms with Gasteiger partial charge in [-0.15, -0.1) is 0 Å². The molecule has 4 nitrogen and oxygen atoms in total. The second-order valence-electron chi connectivity index (χ2n) is 6.88. The van der Waals surface area contributed by atoms with Crippen LogP contribution in [0.4, 0.5) is 0 Å². The van der Waals surface area contributed by atoms with Crippen molar-refractivity contribution in [1.29, 1.82) is 0 Å². The van der Waals surface area contributed by atoms with Gasteiger partial charge in [-0.2, -0.15) is 11.8 Å². The molecular formula is C19H28N2O2S. The van der Waals surface area contributed by atoms with E-state index in [9.17, 15) is 4.79 Å². The number of carbonyl (C=O) groups is 1. The van der Waals surface area contributed by atoms with Crippen molar-refractivity contribution in [1.82, 2.24) is 9.80 Å². The summed E-state index contributed by atoms with van der Waals surface area (Å²) in [5.74, 6) is 4.10. The van der Waals surface area contributed by atoms with Gasteiger partial charge in [-0.1, -0.05) is 19.1 Å². The number of piperidine rings is 1. The molecule has 0 aliphatic carbocycles. The summed E-state index contributed by atoms with van der Waals surface area (Å²) >= 11 is 2.04. The van der Waals surface area contributed by atoms with Crippen LogP contribution in [-0.4, -0.2) is 60.0 Å². The van der Waals surface area contributed by atoms with Crippen LogP contribution in [0, 0.1) is 5.92 Å². The van der Waals surface area contributed by atoms with E-state index in [0.717, 1.165) is 44.1 Å². The van der Waals surface area contributed by atoms with Gasteiger partial charge in [0.1, 0.15) is 5.75 Å². The molecule has 5 heteroatoms. The van der Waals surface area contributed by atoms with Gasteiger partial charge in [-0.05, 0) is 36.5 Å². The number of hydrogen-bond acceptors (Lipinski definition) is 4. The minimum absolute atomic E-state index is 0.108. The minimum Gasteiger partial charge on any atom is -0.484 e. The monoisotopic (exact) mass is 348 g/mol. The Bertz CT molecular complexity index is 521. The Kier molecular flexibility index (Phi) is 6.44. The number of benzene rings is 1. The predicted octanol–water partition coefficient (Wildman–Crippen LogP) is 2.87. The molecule has 2 aliphatic heterocycles. The van der Waals surface area contributed by atoms with Gasteiger partial charge in [0.2, 0.25) is 0 Å². The lowest BCUT2D eigenvalue weighted by Gasteiger charge is -2.30. The molecule has 0 saturated carbocycles. The maximum Gasteiger partial charge on any atom is 0.260 e. The Morgan fingerprint density at radius 2 is 1.79 bits per heavy atom. The van der Waals surface area contributed by atoms with Gasteiger partial charge in [0.05, 0.1) is 0 Å². The highest BCUT2D eigenvalue weighted by molar-refractivity contribution is 7.99. The van der Waals surface area contributed by atoms with E-state index in [0.29, 0.717) is 0 Å². The largest absolute Gasteiger partial charge is 0.484 e. The fraction of sp³-hybridized carbons (Fsp3) is 0.632. The molecule has 0 radical (unpaired) electrons. The average molecular weight is 349 g/mol. The molecule has 0 spiro atoms. The smallest absolute Gasteiger partial charge is 0.260 e. The number of amides is 1. The average Bonchev–Trinajstić information content (AvgIpc) is 2.62. The highest BCUT2D eigenvalue weighted by Crippen LogP contribution is 2.18. The SMILES string of the molecule is CC1CCN(C(=O)COc2ccc(CN3CCSCC3)cc2)CC1. The van der Waals surface area contributed by atoms with Crippen LogP contribution in [0.2, 0.25) is 0 Å². The Morgan fingerprint density at radius 3 is 2.46 bits per heavy atom. The number of ether oxygens (including phenoxy) is 1. The maximum atomic E-state index is 12.2. The van der Waals surface area contributed by atoms with Crippen LogP contribution in [0.15, 0.2) is 24.3 Å². The summed E-state index contributed by atoms with van der Waals surface area (Å²) in [5, 5.41) is 0. The normalized spacial score (nSPS) is 20.1. The Hall–Kier alpha value is -1.20. The molecule has 2 heterocycles. The highest BCUT2D eigenvalue weighted by atomic mass is 32.2. The fourth-order valence-corrected chi connectivity index (χ4v) is 4.18. The Labute approximate surface area is 149 Å². The van der Waals surface area contributed by atoms with Crippen molar-refractivity contribution < 1.29 is 9.53 Å². The number of nitrogens with zero attached hydrogens (tertiary/aromatic N) is 2. The summed E-state index contributed by atoms with van der Waals surface area (Å²) in [6.07, 6.45) is 2.21. The molecule has 2 saturated heterocycles. The van der Waals surface area contributed by atoms with Crippen LogP contribution >= 0.6 is 11.8 Å². The lowest BCUT2D eigenvalue weighted by molar-refractivity contribution is -0.134. The molecule has 2 fully saturated rings. The van der Waals surface area contributed by atoms with Gasteiger partial charge >= 0.3 is 0 Å². The summed E-state index contributed by atoms with van der Waals surface area (Å²) in [6, 6.07) is 8.20. The quantitative estimate of drug-likeness (QED) is 0.819. The molecule has 1 aromatic rings. The third-order valence-electron chi connectivity index (χ3n) is 4.93. The van der Waals surface area contributed by atoms with E-state index < -0.39 is 0 Å². The molecule has 0 bridgehead atoms. The Morgan fingerprint density at radius 1 is 1.12 bits per heavy atom. The fourth-order valence-electron chi connectivity index (χ4n) is 3.20. The van der Waals surface area contributed by atoms with Crippen molar-refractivity contribution in [3.63, 3.8) is 0 Å². The van der Waals surface area contributed by atoms with Crippen molar-refractivity contribution in [3.8, 4) is 5.75 Å². The van der Waals surface area contributed by atoms with Gasteiger partial charge in [-0.25, -0.2) is 0 Å². The van der Waals surface area contributed by atoms with Crippen molar-refractivity contribution in [2.45, 2.75) is 26.3 Å². The van der Waals surface area contributed by atoms with Crippen molar-refractivity contribution in [2.24, 2.45) is 5.92 Å². The summed E-state index contributed by atoms with van der Waals surface area (Å²) in [5.41, 5.74) is 1.31. The van der Waals surface area contributed by atoms with E-state index >= 15 is 0 Å². The standard InChI is InChI=1S/C19H28N2O2S/c1-16-6-8-21(9-7-16)19(22)15-23-18-4-2-17(3-5-18)14-20-10-12-24-13-11-20/h2-5,16H,6-15H2,1H3. The van der Waals surface area contributed by atoms with Crippen LogP contribution in [0.3, 0.4) is 0 Å². The predicted molar refractivity (Wildman–Crippen MR) is 99.5 cm³/mol. The van der Waals surface area contributed by atoms with Gasteiger partial charge in [0.25, 0.3) is 5.91 Å². The first-order valence-corrected chi connectivity index (χ1v) is 10.2. The summed E-state index contributed by atoms with van der Waals surface area (Å²) in [7, 11) is 0. The number of hydrogen-bond donors (Lipinski definition) is 0. The van der Waals surface area contributed by atoms with Crippen molar-refractivity contribution >= 4 is 17.7 Å². The van der Waals surface area contributed by atoms with Crippen molar-refractivity contribution in [2.75, 3.05) is 44.3 Å². The number of likely N-dealkylation sites (tertiary alicyclic amines) is 1. The topological polar surface area (TPSA) is 32.8 Å². The zero-order valence-electron chi connectivity index (χ0n) is 14.6. The number of rotatable bonds is 5. The maximum absolute atomic E-state index is 12.2. The molecule has 132 valence electrons. The lowest BCUT2D eigenvalue weighted by atomic mass is 9.99. The molecule has 0 atom stereocenters. The second-order valence-corrected chi connectivity index (χ2v) is 8.11. The first-order valence-electron chi connectivity index (χ1n) is 9.00. The van der Waals surface area contributed by atoms with Crippen molar-refractivity contribution in [3.05, 3.63) is 29.8 Å². The first kappa shape index (κ1) is 17.6. The van der Waals surface area contributed by atoms with Gasteiger partial charge in [0.15, 0.2) is 6.61 Å². The van der Waals surface area contributed by atoms with Crippen LogP contribution < -0.4 is 4.74 Å². The van der Waals surface area contributed by atoms with Crippen LogP contribution in [0.1, 0.15) is 25.3 Å². The second kappa shape index (κ2) is 8.77. The summed E-state index contributed by atoms with van der Waals surface area (Å²) in [4.78, 5) is 16.6. The number of thioether (sulfide) groups is 1.